The van der Waals surface area contributed by atoms with Crippen molar-refractivity contribution in [3.05, 3.63) is 34.9 Å². The van der Waals surface area contributed by atoms with Crippen LogP contribution in [0.2, 0.25) is 0 Å². The summed E-state index contributed by atoms with van der Waals surface area (Å²) in [4.78, 5) is 0. The van der Waals surface area contributed by atoms with E-state index in [1.807, 2.05) is 44.8 Å². The Morgan fingerprint density at radius 3 is 2.00 bits per heavy atom. The lowest BCUT2D eigenvalue weighted by atomic mass is 9.91. The highest BCUT2D eigenvalue weighted by atomic mass is 16.5. The Bertz CT molecular complexity index is 773. The monoisotopic (exact) mass is 434 g/mol. The molecule has 0 aliphatic heterocycles. The van der Waals surface area contributed by atoms with Crippen molar-refractivity contribution in [3.63, 3.8) is 0 Å². The van der Waals surface area contributed by atoms with Gasteiger partial charge in [-0.15, -0.1) is 0 Å². The van der Waals surface area contributed by atoms with E-state index in [-0.39, 0.29) is 0 Å². The largest absolute Gasteiger partial charge is 0.388 e. The predicted octanol–water partition coefficient (Wildman–Crippen LogP) is 5.43. The van der Waals surface area contributed by atoms with Crippen LogP contribution in [0.5, 0.6) is 0 Å². The molecule has 2 aromatic heterocycles. The van der Waals surface area contributed by atoms with Gasteiger partial charge in [0.15, 0.2) is 0 Å². The lowest BCUT2D eigenvalue weighted by molar-refractivity contribution is 0.0706. The van der Waals surface area contributed by atoms with Crippen LogP contribution in [0.15, 0.2) is 12.4 Å². The van der Waals surface area contributed by atoms with Gasteiger partial charge >= 0.3 is 0 Å². The van der Waals surface area contributed by atoms with Gasteiger partial charge < -0.3 is 9.84 Å². The number of aromatic nitrogens is 4. The zero-order chi connectivity index (χ0) is 23.8. The van der Waals surface area contributed by atoms with Gasteiger partial charge in [0, 0.05) is 11.4 Å². The fraction of sp³-hybridized carbons (Fsp3) is 0.760. The van der Waals surface area contributed by atoms with Gasteiger partial charge in [-0.25, -0.2) is 0 Å². The molecule has 0 radical (unpaired) electrons. The Morgan fingerprint density at radius 1 is 0.968 bits per heavy atom. The van der Waals surface area contributed by atoms with Crippen molar-refractivity contribution in [2.75, 3.05) is 6.61 Å². The summed E-state index contributed by atoms with van der Waals surface area (Å²) in [5.41, 5.74) is 4.56. The molecule has 178 valence electrons. The first-order valence-corrected chi connectivity index (χ1v) is 11.9. The first-order valence-electron chi connectivity index (χ1n) is 11.9. The molecule has 3 rings (SSSR count). The highest BCUT2D eigenvalue weighted by Crippen LogP contribution is 2.36. The Labute approximate surface area is 190 Å². The maximum Gasteiger partial charge on any atom is 0.0845 e. The highest BCUT2D eigenvalue weighted by molar-refractivity contribution is 5.21. The Balaban J connectivity index is 0.000000300. The molecule has 0 saturated heterocycles. The topological polar surface area (TPSA) is 65.1 Å². The van der Waals surface area contributed by atoms with E-state index in [2.05, 4.69) is 56.4 Å². The molecule has 1 atom stereocenters. The van der Waals surface area contributed by atoms with Gasteiger partial charge in [0.1, 0.15) is 0 Å². The van der Waals surface area contributed by atoms with E-state index >= 15 is 0 Å². The molecular formula is C25H46N4O2. The summed E-state index contributed by atoms with van der Waals surface area (Å²) in [7, 11) is 0. The first kappa shape index (κ1) is 27.4. The summed E-state index contributed by atoms with van der Waals surface area (Å²) in [6.07, 6.45) is 5.99. The second kappa shape index (κ2) is 12.4. The summed E-state index contributed by atoms with van der Waals surface area (Å²) in [5.74, 6) is 1.22. The third-order valence-electron chi connectivity index (χ3n) is 6.01. The number of aryl methyl sites for hydroxylation is 1. The molecule has 2 heterocycles. The van der Waals surface area contributed by atoms with Crippen LogP contribution in [0, 0.1) is 26.7 Å². The average Bonchev–Trinajstić information content (AvgIpc) is 3.23. The van der Waals surface area contributed by atoms with Crippen molar-refractivity contribution < 1.29 is 9.84 Å². The zero-order valence-corrected chi connectivity index (χ0v) is 21.6. The Kier molecular flexibility index (Phi) is 10.9. The highest BCUT2D eigenvalue weighted by Gasteiger charge is 2.41. The lowest BCUT2D eigenvalue weighted by Gasteiger charge is -2.15. The minimum atomic E-state index is -0.441. The van der Waals surface area contributed by atoms with Crippen molar-refractivity contribution in [3.8, 4) is 0 Å². The van der Waals surface area contributed by atoms with Gasteiger partial charge in [-0.05, 0) is 70.4 Å². The smallest absolute Gasteiger partial charge is 0.0845 e. The third kappa shape index (κ3) is 8.41. The molecule has 1 N–H and O–H groups in total. The first-order chi connectivity index (χ1) is 14.5. The van der Waals surface area contributed by atoms with Gasteiger partial charge in [0.05, 0.1) is 43.8 Å². The maximum absolute atomic E-state index is 9.66. The fourth-order valence-electron chi connectivity index (χ4n) is 3.15. The maximum atomic E-state index is 9.66. The van der Waals surface area contributed by atoms with Crippen LogP contribution < -0.4 is 0 Å². The molecular weight excluding hydrogens is 388 g/mol. The van der Waals surface area contributed by atoms with E-state index in [9.17, 15) is 5.11 Å². The summed E-state index contributed by atoms with van der Waals surface area (Å²) in [6.45, 7) is 23.3. The fourth-order valence-corrected chi connectivity index (χ4v) is 3.15. The van der Waals surface area contributed by atoms with E-state index in [1.165, 1.54) is 16.8 Å². The number of aliphatic hydroxyl groups is 1. The molecule has 0 bridgehead atoms. The van der Waals surface area contributed by atoms with E-state index in [1.54, 1.807) is 0 Å². The van der Waals surface area contributed by atoms with Crippen LogP contribution in [0.1, 0.15) is 89.7 Å². The second-order valence-electron chi connectivity index (χ2n) is 9.16. The van der Waals surface area contributed by atoms with Crippen LogP contribution in [0.25, 0.3) is 0 Å². The number of hydrogen-bond acceptors (Lipinski definition) is 4. The summed E-state index contributed by atoms with van der Waals surface area (Å²) < 4.78 is 9.50. The van der Waals surface area contributed by atoms with Crippen LogP contribution in [-0.4, -0.2) is 43.0 Å². The molecule has 6 heteroatoms. The standard InChI is InChI=1S/C14H26N2O.C9H14N2O.C2H6/c1-10(2)12(5)14-9-15-16(13(14)6)7-8-17-11(3)4;1-7-5-10-11(8(7)2)6-9(12)3-4-9;1-2/h9-12H,7-8H2,1-6H3;5,12H,3-4,6H2,1-2H3;1-2H3. The van der Waals surface area contributed by atoms with Crippen molar-refractivity contribution in [2.24, 2.45) is 5.92 Å². The molecule has 1 aliphatic rings. The van der Waals surface area contributed by atoms with Crippen LogP contribution in [0.3, 0.4) is 0 Å². The van der Waals surface area contributed by atoms with Crippen molar-refractivity contribution in [1.82, 2.24) is 19.6 Å². The lowest BCUT2D eigenvalue weighted by Crippen LogP contribution is -2.18. The molecule has 6 nitrogen and oxygen atoms in total. The van der Waals surface area contributed by atoms with E-state index < -0.39 is 5.60 Å². The minimum Gasteiger partial charge on any atom is -0.388 e. The number of rotatable bonds is 8. The quantitative estimate of drug-likeness (QED) is 0.602. The van der Waals surface area contributed by atoms with Crippen molar-refractivity contribution in [2.45, 2.75) is 113 Å². The van der Waals surface area contributed by atoms with Gasteiger partial charge in [0.2, 0.25) is 0 Å². The normalized spacial score (nSPS) is 15.3. The molecule has 0 aromatic carbocycles. The second-order valence-corrected chi connectivity index (χ2v) is 9.16. The van der Waals surface area contributed by atoms with Gasteiger partial charge in [-0.1, -0.05) is 34.6 Å². The molecule has 31 heavy (non-hydrogen) atoms. The number of nitrogens with zero attached hydrogens (tertiary/aromatic N) is 4. The average molecular weight is 435 g/mol. The molecule has 1 saturated carbocycles. The van der Waals surface area contributed by atoms with E-state index in [0.717, 1.165) is 31.7 Å². The van der Waals surface area contributed by atoms with E-state index in [0.29, 0.717) is 24.5 Å². The van der Waals surface area contributed by atoms with Gasteiger partial charge in [-0.3, -0.25) is 9.36 Å². The van der Waals surface area contributed by atoms with Crippen LogP contribution >= 0.6 is 0 Å². The Hall–Kier alpha value is -1.66. The van der Waals surface area contributed by atoms with Gasteiger partial charge in [0.25, 0.3) is 0 Å². The minimum absolute atomic E-state index is 0.292. The SMILES string of the molecule is CC.Cc1c(C(C)C(C)C)cnn1CCOC(C)C.Cc1cnn(CC2(O)CC2)c1C. The summed E-state index contributed by atoms with van der Waals surface area (Å²) >= 11 is 0. The predicted molar refractivity (Wildman–Crippen MR) is 129 cm³/mol. The molecule has 1 unspecified atom stereocenters. The zero-order valence-electron chi connectivity index (χ0n) is 21.6. The summed E-state index contributed by atoms with van der Waals surface area (Å²) in [6, 6.07) is 0. The number of ether oxygens (including phenoxy) is 1. The molecule has 1 aliphatic carbocycles. The van der Waals surface area contributed by atoms with Gasteiger partial charge in [-0.2, -0.15) is 10.2 Å². The van der Waals surface area contributed by atoms with Crippen LogP contribution in [-0.2, 0) is 17.8 Å². The van der Waals surface area contributed by atoms with Crippen molar-refractivity contribution in [1.29, 1.82) is 0 Å². The van der Waals surface area contributed by atoms with E-state index in [4.69, 9.17) is 4.74 Å². The van der Waals surface area contributed by atoms with Crippen molar-refractivity contribution >= 4 is 0 Å². The van der Waals surface area contributed by atoms with Crippen LogP contribution in [0.4, 0.5) is 0 Å². The third-order valence-corrected chi connectivity index (χ3v) is 6.01. The Morgan fingerprint density at radius 2 is 1.55 bits per heavy atom. The molecule has 2 aromatic rings. The number of hydrogen-bond donors (Lipinski definition) is 1. The summed E-state index contributed by atoms with van der Waals surface area (Å²) in [5, 5.41) is 18.3. The molecule has 1 fully saturated rings. The molecule has 0 amide bonds. The molecule has 0 spiro atoms.